The zero-order valence-corrected chi connectivity index (χ0v) is 11.9. The van der Waals surface area contributed by atoms with Gasteiger partial charge >= 0.3 is 0 Å². The molecule has 0 saturated heterocycles. The normalized spacial score (nSPS) is 13.0. The second kappa shape index (κ2) is 5.40. The third kappa shape index (κ3) is 2.29. The molecule has 1 amide bonds. The molecule has 108 valence electrons. The smallest absolute Gasteiger partial charge is 0.264 e. The Morgan fingerprint density at radius 1 is 1.33 bits per heavy atom. The van der Waals surface area contributed by atoms with E-state index in [0.717, 1.165) is 6.42 Å². The molecule has 2 heterocycles. The quantitative estimate of drug-likeness (QED) is 0.867. The molecule has 0 saturated carbocycles. The van der Waals surface area contributed by atoms with E-state index in [1.807, 2.05) is 6.92 Å². The van der Waals surface area contributed by atoms with E-state index in [9.17, 15) is 4.79 Å². The summed E-state index contributed by atoms with van der Waals surface area (Å²) in [6.07, 6.45) is 2.32. The van der Waals surface area contributed by atoms with Crippen LogP contribution in [0.4, 0.5) is 5.69 Å². The number of nitrogens with zero attached hydrogens (tertiary/aromatic N) is 3. The molecule has 1 aliphatic heterocycles. The van der Waals surface area contributed by atoms with E-state index in [-0.39, 0.29) is 11.8 Å². The molecule has 0 fully saturated rings. The van der Waals surface area contributed by atoms with Crippen LogP contribution in [-0.4, -0.2) is 29.8 Å². The summed E-state index contributed by atoms with van der Waals surface area (Å²) in [6.45, 7) is 2.61. The Hall–Kier alpha value is -2.63. The van der Waals surface area contributed by atoms with Crippen molar-refractivity contribution in [2.75, 3.05) is 18.6 Å². The molecule has 3 rings (SSSR count). The highest BCUT2D eigenvalue weighted by atomic mass is 16.5. The highest BCUT2D eigenvalue weighted by molar-refractivity contribution is 6.09. The Labute approximate surface area is 122 Å². The van der Waals surface area contributed by atoms with Gasteiger partial charge < -0.3 is 14.4 Å². The Balaban J connectivity index is 2.17. The van der Waals surface area contributed by atoms with Gasteiger partial charge in [-0.2, -0.15) is 5.10 Å². The average Bonchev–Trinajstić information content (AvgIpc) is 2.63. The van der Waals surface area contributed by atoms with Gasteiger partial charge in [-0.1, -0.05) is 6.92 Å². The molecule has 2 aromatic rings. The molecule has 6 heteroatoms. The maximum atomic E-state index is 12.7. The monoisotopic (exact) mass is 285 g/mol. The van der Waals surface area contributed by atoms with Crippen molar-refractivity contribution < 1.29 is 14.3 Å². The number of fused-ring (bicyclic) bond motifs is 2. The number of hydrogen-bond donors (Lipinski definition) is 0. The van der Waals surface area contributed by atoms with Gasteiger partial charge in [0, 0.05) is 12.6 Å². The summed E-state index contributed by atoms with van der Waals surface area (Å²) in [6, 6.07) is 6.97. The zero-order valence-electron chi connectivity index (χ0n) is 11.9. The largest absolute Gasteiger partial charge is 0.497 e. The maximum absolute atomic E-state index is 12.7. The molecular formula is C15H15N3O3. The van der Waals surface area contributed by atoms with Crippen molar-refractivity contribution >= 4 is 11.6 Å². The van der Waals surface area contributed by atoms with Gasteiger partial charge in [-0.15, -0.1) is 5.10 Å². The number of carbonyl (C=O) groups excluding carboxylic acids is 1. The van der Waals surface area contributed by atoms with Crippen molar-refractivity contribution in [3.63, 3.8) is 0 Å². The fourth-order valence-electron chi connectivity index (χ4n) is 2.28. The number of aromatic nitrogens is 2. The Kier molecular flexibility index (Phi) is 3.43. The van der Waals surface area contributed by atoms with E-state index >= 15 is 0 Å². The second-order valence-electron chi connectivity index (χ2n) is 4.64. The van der Waals surface area contributed by atoms with Crippen LogP contribution in [0.2, 0.25) is 0 Å². The van der Waals surface area contributed by atoms with E-state index in [4.69, 9.17) is 9.47 Å². The van der Waals surface area contributed by atoms with Gasteiger partial charge in [0.05, 0.1) is 19.0 Å². The molecule has 0 N–H and O–H groups in total. The van der Waals surface area contributed by atoms with Crippen molar-refractivity contribution in [1.29, 1.82) is 0 Å². The molecule has 1 aliphatic rings. The summed E-state index contributed by atoms with van der Waals surface area (Å²) in [4.78, 5) is 14.4. The van der Waals surface area contributed by atoms with Gasteiger partial charge in [0.25, 0.3) is 11.8 Å². The standard InChI is InChI=1S/C15H15N3O3/c1-3-8-18-12-9-10(20-2)4-5-13(12)21-14-11(15(18)19)6-7-16-17-14/h4-7,9H,3,8H2,1-2H3. The van der Waals surface area contributed by atoms with Crippen LogP contribution in [0.1, 0.15) is 23.7 Å². The molecule has 6 nitrogen and oxygen atoms in total. The fourth-order valence-corrected chi connectivity index (χ4v) is 2.28. The van der Waals surface area contributed by atoms with E-state index in [2.05, 4.69) is 10.2 Å². The first kappa shape index (κ1) is 13.4. The van der Waals surface area contributed by atoms with Crippen LogP contribution in [0.3, 0.4) is 0 Å². The lowest BCUT2D eigenvalue weighted by molar-refractivity contribution is 0.0986. The predicted molar refractivity (Wildman–Crippen MR) is 77.1 cm³/mol. The summed E-state index contributed by atoms with van der Waals surface area (Å²) < 4.78 is 11.0. The average molecular weight is 285 g/mol. The van der Waals surface area contributed by atoms with Gasteiger partial charge in [-0.3, -0.25) is 4.79 Å². The van der Waals surface area contributed by atoms with Crippen molar-refractivity contribution in [2.24, 2.45) is 0 Å². The summed E-state index contributed by atoms with van der Waals surface area (Å²) in [5.41, 5.74) is 1.09. The fraction of sp³-hybridized carbons (Fsp3) is 0.267. The topological polar surface area (TPSA) is 64.6 Å². The van der Waals surface area contributed by atoms with E-state index in [1.165, 1.54) is 6.20 Å². The molecular weight excluding hydrogens is 270 g/mol. The lowest BCUT2D eigenvalue weighted by Crippen LogP contribution is -2.31. The number of methoxy groups -OCH3 is 1. The van der Waals surface area contributed by atoms with E-state index in [1.54, 1.807) is 36.3 Å². The number of ether oxygens (including phenoxy) is 2. The van der Waals surface area contributed by atoms with Gasteiger partial charge in [0.15, 0.2) is 5.75 Å². The molecule has 0 spiro atoms. The first-order valence-electron chi connectivity index (χ1n) is 6.74. The highest BCUT2D eigenvalue weighted by Gasteiger charge is 2.29. The van der Waals surface area contributed by atoms with Crippen LogP contribution >= 0.6 is 0 Å². The third-order valence-electron chi connectivity index (χ3n) is 3.27. The first-order chi connectivity index (χ1) is 10.2. The molecule has 1 aromatic carbocycles. The molecule has 21 heavy (non-hydrogen) atoms. The van der Waals surface area contributed by atoms with Crippen LogP contribution in [-0.2, 0) is 0 Å². The minimum absolute atomic E-state index is 0.145. The van der Waals surface area contributed by atoms with Crippen LogP contribution in [0.15, 0.2) is 30.5 Å². The molecule has 0 bridgehead atoms. The highest BCUT2D eigenvalue weighted by Crippen LogP contribution is 2.39. The number of hydrogen-bond acceptors (Lipinski definition) is 5. The SMILES string of the molecule is CCCN1C(=O)c2ccnnc2Oc2ccc(OC)cc21. The number of benzene rings is 1. The van der Waals surface area contributed by atoms with E-state index in [0.29, 0.717) is 29.3 Å². The maximum Gasteiger partial charge on any atom is 0.264 e. The van der Waals surface area contributed by atoms with Crippen LogP contribution in [0, 0.1) is 0 Å². The molecule has 0 radical (unpaired) electrons. The molecule has 0 atom stereocenters. The minimum atomic E-state index is -0.145. The minimum Gasteiger partial charge on any atom is -0.497 e. The van der Waals surface area contributed by atoms with Crippen molar-refractivity contribution in [3.8, 4) is 17.4 Å². The lowest BCUT2D eigenvalue weighted by Gasteiger charge is -2.21. The van der Waals surface area contributed by atoms with Crippen LogP contribution < -0.4 is 14.4 Å². The van der Waals surface area contributed by atoms with Gasteiger partial charge in [0.1, 0.15) is 11.3 Å². The summed E-state index contributed by atoms with van der Waals surface area (Å²) in [7, 11) is 1.59. The van der Waals surface area contributed by atoms with Gasteiger partial charge in [0.2, 0.25) is 0 Å². The zero-order chi connectivity index (χ0) is 14.8. The summed E-state index contributed by atoms with van der Waals surface area (Å²) in [5, 5.41) is 7.70. The number of anilines is 1. The molecule has 0 unspecified atom stereocenters. The Bertz CT molecular complexity index is 688. The molecule has 1 aromatic heterocycles. The lowest BCUT2D eigenvalue weighted by atomic mass is 10.2. The number of carbonyl (C=O) groups is 1. The summed E-state index contributed by atoms with van der Waals surface area (Å²) in [5.74, 6) is 1.32. The van der Waals surface area contributed by atoms with Crippen molar-refractivity contribution in [1.82, 2.24) is 10.2 Å². The third-order valence-corrected chi connectivity index (χ3v) is 3.27. The number of amides is 1. The van der Waals surface area contributed by atoms with Crippen LogP contribution in [0.25, 0.3) is 0 Å². The van der Waals surface area contributed by atoms with Crippen molar-refractivity contribution in [3.05, 3.63) is 36.0 Å². The number of rotatable bonds is 3. The van der Waals surface area contributed by atoms with Crippen molar-refractivity contribution in [2.45, 2.75) is 13.3 Å². The first-order valence-corrected chi connectivity index (χ1v) is 6.74. The molecule has 0 aliphatic carbocycles. The van der Waals surface area contributed by atoms with Gasteiger partial charge in [-0.05, 0) is 24.6 Å². The van der Waals surface area contributed by atoms with E-state index < -0.39 is 0 Å². The van der Waals surface area contributed by atoms with Gasteiger partial charge in [-0.25, -0.2) is 0 Å². The Morgan fingerprint density at radius 3 is 2.95 bits per heavy atom. The Morgan fingerprint density at radius 2 is 2.19 bits per heavy atom. The summed E-state index contributed by atoms with van der Waals surface area (Å²) >= 11 is 0. The predicted octanol–water partition coefficient (Wildman–Crippen LogP) is 2.65. The van der Waals surface area contributed by atoms with Crippen LogP contribution in [0.5, 0.6) is 17.4 Å². The second-order valence-corrected chi connectivity index (χ2v) is 4.64.